The first-order valence-electron chi connectivity index (χ1n) is 9.69. The Morgan fingerprint density at radius 1 is 1.19 bits per heavy atom. The van der Waals surface area contributed by atoms with Crippen molar-refractivity contribution in [2.75, 3.05) is 11.9 Å². The molecule has 1 aliphatic heterocycles. The van der Waals surface area contributed by atoms with E-state index in [0.717, 1.165) is 11.1 Å². The number of allylic oxidation sites excluding steroid dienone is 1. The number of nitrogens with zero attached hydrogens (tertiary/aromatic N) is 3. The summed E-state index contributed by atoms with van der Waals surface area (Å²) in [5, 5.41) is 8.54. The molecule has 31 heavy (non-hydrogen) atoms. The molecule has 9 heteroatoms. The first kappa shape index (κ1) is 21.2. The molecule has 0 saturated carbocycles. The lowest BCUT2D eigenvalue weighted by Crippen LogP contribution is -2.29. The quantitative estimate of drug-likeness (QED) is 0.522. The number of ether oxygens (including phenoxy) is 2. The number of halogens is 2. The number of fused-ring (bicyclic) bond motifs is 1. The Bertz CT molecular complexity index is 1140. The normalized spacial score (nSPS) is 15.3. The van der Waals surface area contributed by atoms with Crippen LogP contribution in [-0.2, 0) is 16.1 Å². The Morgan fingerprint density at radius 2 is 1.97 bits per heavy atom. The monoisotopic (exact) mass is 458 g/mol. The third-order valence-electron chi connectivity index (χ3n) is 4.90. The van der Waals surface area contributed by atoms with E-state index < -0.39 is 12.0 Å². The van der Waals surface area contributed by atoms with Gasteiger partial charge in [-0.15, -0.1) is 0 Å². The van der Waals surface area contributed by atoms with Crippen LogP contribution < -0.4 is 10.1 Å². The molecule has 3 aromatic rings. The van der Waals surface area contributed by atoms with E-state index in [1.165, 1.54) is 6.33 Å². The molecule has 1 aromatic heterocycles. The van der Waals surface area contributed by atoms with Crippen molar-refractivity contribution in [3.05, 3.63) is 81.2 Å². The van der Waals surface area contributed by atoms with Gasteiger partial charge in [-0.25, -0.2) is 9.48 Å². The number of esters is 1. The second-order valence-electron chi connectivity index (χ2n) is 6.91. The zero-order valence-electron chi connectivity index (χ0n) is 16.9. The summed E-state index contributed by atoms with van der Waals surface area (Å²) in [6.45, 7) is 4.19. The lowest BCUT2D eigenvalue weighted by atomic mass is 9.96. The van der Waals surface area contributed by atoms with E-state index in [4.69, 9.17) is 32.7 Å². The summed E-state index contributed by atoms with van der Waals surface area (Å²) in [5.41, 5.74) is 2.86. The minimum absolute atomic E-state index is 0.284. The van der Waals surface area contributed by atoms with Crippen molar-refractivity contribution in [3.8, 4) is 5.75 Å². The van der Waals surface area contributed by atoms with Gasteiger partial charge in [0.1, 0.15) is 24.7 Å². The van der Waals surface area contributed by atoms with Crippen LogP contribution in [0.4, 0.5) is 5.95 Å². The van der Waals surface area contributed by atoms with Crippen LogP contribution in [0.15, 0.2) is 60.1 Å². The van der Waals surface area contributed by atoms with Crippen molar-refractivity contribution in [2.24, 2.45) is 0 Å². The Kier molecular flexibility index (Phi) is 6.15. The minimum Gasteiger partial charge on any atom is -0.489 e. The molecule has 160 valence electrons. The first-order chi connectivity index (χ1) is 15.0. The Morgan fingerprint density at radius 3 is 2.68 bits per heavy atom. The standard InChI is InChI=1S/C22H20Cl2N4O3/c1-3-30-21(29)19-13(2)27-22-25-12-26-28(22)20(19)14-5-8-17(9-6-14)31-11-15-4-7-16(23)10-18(15)24/h4-10,12,20H,3,11H2,1-2H3,(H,25,26,27). The zero-order chi connectivity index (χ0) is 22.0. The average Bonchev–Trinajstić information content (AvgIpc) is 3.20. The van der Waals surface area contributed by atoms with Crippen LogP contribution in [0, 0.1) is 0 Å². The molecule has 2 aromatic carbocycles. The van der Waals surface area contributed by atoms with Crippen LogP contribution in [0.25, 0.3) is 0 Å². The Labute approximate surface area is 189 Å². The van der Waals surface area contributed by atoms with Gasteiger partial charge in [0.25, 0.3) is 0 Å². The van der Waals surface area contributed by atoms with Crippen LogP contribution in [0.3, 0.4) is 0 Å². The molecule has 0 amide bonds. The topological polar surface area (TPSA) is 78.3 Å². The zero-order valence-corrected chi connectivity index (χ0v) is 18.4. The predicted octanol–water partition coefficient (Wildman–Crippen LogP) is 5.02. The van der Waals surface area contributed by atoms with Crippen molar-refractivity contribution in [1.82, 2.24) is 14.8 Å². The Hall–Kier alpha value is -3.03. The van der Waals surface area contributed by atoms with E-state index >= 15 is 0 Å². The maximum atomic E-state index is 12.7. The highest BCUT2D eigenvalue weighted by Gasteiger charge is 2.34. The van der Waals surface area contributed by atoms with Gasteiger partial charge in [-0.2, -0.15) is 10.1 Å². The number of carbonyl (C=O) groups is 1. The molecule has 1 aliphatic rings. The number of hydrogen-bond acceptors (Lipinski definition) is 6. The van der Waals surface area contributed by atoms with Crippen molar-refractivity contribution in [2.45, 2.75) is 26.5 Å². The lowest BCUT2D eigenvalue weighted by Gasteiger charge is -2.28. The largest absolute Gasteiger partial charge is 0.489 e. The predicted molar refractivity (Wildman–Crippen MR) is 118 cm³/mol. The van der Waals surface area contributed by atoms with Crippen LogP contribution in [0.5, 0.6) is 5.75 Å². The third-order valence-corrected chi connectivity index (χ3v) is 5.48. The molecule has 1 N–H and O–H groups in total. The van der Waals surface area contributed by atoms with Gasteiger partial charge < -0.3 is 14.8 Å². The molecule has 0 bridgehead atoms. The van der Waals surface area contributed by atoms with Gasteiger partial charge in [0.15, 0.2) is 0 Å². The summed E-state index contributed by atoms with van der Waals surface area (Å²) >= 11 is 12.1. The molecule has 2 heterocycles. The van der Waals surface area contributed by atoms with Crippen LogP contribution in [0.1, 0.15) is 31.0 Å². The van der Waals surface area contributed by atoms with Crippen LogP contribution >= 0.6 is 23.2 Å². The number of benzene rings is 2. The van der Waals surface area contributed by atoms with Crippen molar-refractivity contribution in [1.29, 1.82) is 0 Å². The molecule has 1 atom stereocenters. The highest BCUT2D eigenvalue weighted by atomic mass is 35.5. The molecule has 0 spiro atoms. The highest BCUT2D eigenvalue weighted by molar-refractivity contribution is 6.35. The summed E-state index contributed by atoms with van der Waals surface area (Å²) in [6.07, 6.45) is 1.45. The molecular formula is C22H20Cl2N4O3. The van der Waals surface area contributed by atoms with Crippen molar-refractivity contribution < 1.29 is 14.3 Å². The maximum Gasteiger partial charge on any atom is 0.338 e. The van der Waals surface area contributed by atoms with Gasteiger partial charge in [-0.1, -0.05) is 41.4 Å². The van der Waals surface area contributed by atoms with Crippen LogP contribution in [-0.4, -0.2) is 27.3 Å². The fraction of sp³-hybridized carbons (Fsp3) is 0.227. The maximum absolute atomic E-state index is 12.7. The molecule has 7 nitrogen and oxygen atoms in total. The van der Waals surface area contributed by atoms with E-state index in [1.54, 1.807) is 23.7 Å². The van der Waals surface area contributed by atoms with Gasteiger partial charge in [0, 0.05) is 21.3 Å². The number of anilines is 1. The average molecular weight is 459 g/mol. The SMILES string of the molecule is CCOC(=O)C1=C(C)Nc2ncnn2C1c1ccc(OCc2ccc(Cl)cc2Cl)cc1. The first-order valence-corrected chi connectivity index (χ1v) is 10.4. The summed E-state index contributed by atoms with van der Waals surface area (Å²) < 4.78 is 12.8. The molecule has 4 rings (SSSR count). The fourth-order valence-corrected chi connectivity index (χ4v) is 3.88. The summed E-state index contributed by atoms with van der Waals surface area (Å²) in [6, 6.07) is 12.3. The minimum atomic E-state index is -0.461. The lowest BCUT2D eigenvalue weighted by molar-refractivity contribution is -0.139. The second kappa shape index (κ2) is 8.99. The van der Waals surface area contributed by atoms with E-state index in [0.29, 0.717) is 39.6 Å². The number of aromatic nitrogens is 3. The van der Waals surface area contributed by atoms with E-state index in [2.05, 4.69) is 15.4 Å². The van der Waals surface area contributed by atoms with Crippen LogP contribution in [0.2, 0.25) is 10.0 Å². The molecule has 0 aliphatic carbocycles. The number of nitrogens with one attached hydrogen (secondary N) is 1. The third kappa shape index (κ3) is 4.38. The van der Waals surface area contributed by atoms with E-state index in [9.17, 15) is 4.79 Å². The van der Waals surface area contributed by atoms with Crippen molar-refractivity contribution in [3.63, 3.8) is 0 Å². The van der Waals surface area contributed by atoms with E-state index in [-0.39, 0.29) is 6.61 Å². The summed E-state index contributed by atoms with van der Waals surface area (Å²) in [5.74, 6) is 0.838. The molecule has 1 unspecified atom stereocenters. The molecular weight excluding hydrogens is 439 g/mol. The molecule has 0 radical (unpaired) electrons. The fourth-order valence-electron chi connectivity index (χ4n) is 3.42. The number of hydrogen-bond donors (Lipinski definition) is 1. The molecule has 0 saturated heterocycles. The molecule has 0 fully saturated rings. The van der Waals surface area contributed by atoms with Crippen molar-refractivity contribution >= 4 is 35.1 Å². The van der Waals surface area contributed by atoms with Gasteiger partial charge in [0.2, 0.25) is 5.95 Å². The van der Waals surface area contributed by atoms with E-state index in [1.807, 2.05) is 37.3 Å². The van der Waals surface area contributed by atoms with Gasteiger partial charge in [-0.3, -0.25) is 0 Å². The number of rotatable bonds is 6. The smallest absolute Gasteiger partial charge is 0.338 e. The van der Waals surface area contributed by atoms with Gasteiger partial charge in [-0.05, 0) is 43.7 Å². The van der Waals surface area contributed by atoms with Gasteiger partial charge in [0.05, 0.1) is 12.2 Å². The Balaban J connectivity index is 1.59. The summed E-state index contributed by atoms with van der Waals surface area (Å²) in [4.78, 5) is 16.9. The number of carbonyl (C=O) groups excluding carboxylic acids is 1. The van der Waals surface area contributed by atoms with Gasteiger partial charge >= 0.3 is 5.97 Å². The highest BCUT2D eigenvalue weighted by Crippen LogP contribution is 2.35. The second-order valence-corrected chi connectivity index (χ2v) is 7.75. The summed E-state index contributed by atoms with van der Waals surface area (Å²) in [7, 11) is 0.